The number of amides is 4. The summed E-state index contributed by atoms with van der Waals surface area (Å²) >= 11 is 0. The number of rotatable bonds is 24. The summed E-state index contributed by atoms with van der Waals surface area (Å²) in [5.41, 5.74) is 2.10. The van der Waals surface area contributed by atoms with E-state index < -0.39 is 185 Å². The van der Waals surface area contributed by atoms with Gasteiger partial charge in [-0.1, -0.05) is 101 Å². The molecule has 0 radical (unpaired) electrons. The van der Waals surface area contributed by atoms with Gasteiger partial charge in [-0.2, -0.15) is 0 Å². The van der Waals surface area contributed by atoms with Gasteiger partial charge in [0.25, 0.3) is 0 Å². The minimum absolute atomic E-state index is 0. The van der Waals surface area contributed by atoms with E-state index in [0.717, 1.165) is 12.8 Å². The van der Waals surface area contributed by atoms with Crippen LogP contribution in [0.5, 0.6) is 0 Å². The van der Waals surface area contributed by atoms with Gasteiger partial charge in [0.1, 0.15) is 48.0 Å². The molecule has 10 fully saturated rings. The van der Waals surface area contributed by atoms with E-state index in [0.29, 0.717) is 71.1 Å². The first-order valence-electron chi connectivity index (χ1n) is 52.4. The quantitative estimate of drug-likeness (QED) is 0.0118. The molecule has 0 aromatic heterocycles. The zero-order valence-electron chi connectivity index (χ0n) is 92.3. The van der Waals surface area contributed by atoms with Crippen molar-refractivity contribution in [2.24, 2.45) is 64.3 Å². The molecule has 0 saturated carbocycles. The van der Waals surface area contributed by atoms with Crippen LogP contribution in [0.2, 0.25) is 0 Å². The number of carbonyl (C=O) groups excluding carboxylic acids is 10. The average Bonchev–Trinajstić information content (AvgIpc) is 1.55. The van der Waals surface area contributed by atoms with Crippen molar-refractivity contribution in [1.29, 1.82) is 0 Å². The standard InChI is InChI=1S/C36H62N6O10.C35H59N3O8.C34H59N3O8.2CH4/c1-12-28-36(8)31(41(34(47)52-36)16-14-13-15-38-39-37)24(5)42(25(6)43)20-21(2)19-35(7,48-11)29(18-27(44)23(4)32(46)50-28)51-33-30(45)26(40(9)10)17-22(3)49-33;1-13-15-42-34(9)17-20(3)18-37-19-38-29(25(37)8)35(10,46-33(38)41)27(14-2)44-31(40)24(7)28(39)23(6)30(34)45-32-22(5)26(36(11)12)16-21(4)43-32;1-13-15-41-33(9)17-19(3)18-35-24(8)28-34(10,45-32(40)36-28)26(14-2)43-30(39)23(7)27(38)22(6)29(33)44-31-21(5)25(37(11)12)16-20(4)42-31;;/h21-24,26,28-31,33,45H,12-20H2,1-11H3;13,20-27,29-30,32H,1,14-19H2,2-12H3;13,19-26,28-29,31,35H,1,14-18H2,2-12H3,(H,36,40);2*1H4/t21-,22?,23-,24-,26?,28-,29-,30?,31-,33+,35+,36-;20-,21?,22?,23+,24-,25-,26?,27-,29-,30?,32+,34-,35-;19-,20?,21?,22+,23?,24-,25?,26-,28-,29?,31+,33-,34-;;/m111../s1. The number of azide groups is 1. The molecule has 13 unspecified atom stereocenters. The number of Topliss-reactive ketones (excluding diaryl/α,β-unsaturated/α-hetero) is 3. The fraction of sp³-hybridized carbons (Fsp3) is 0.869. The summed E-state index contributed by atoms with van der Waals surface area (Å²) in [6.45, 7) is 59.6. The maximum atomic E-state index is 14.3. The average molecular weight is 2060 g/mol. The minimum atomic E-state index is -1.38. The molecular formula is C107H188N12O26. The third-order valence-corrected chi connectivity index (χ3v) is 32.7. The highest BCUT2D eigenvalue weighted by molar-refractivity contribution is 6.01. The monoisotopic (exact) mass is 2060 g/mol. The van der Waals surface area contributed by atoms with Gasteiger partial charge in [-0.3, -0.25) is 48.3 Å². The van der Waals surface area contributed by atoms with Crippen molar-refractivity contribution in [2.45, 2.75) is 440 Å². The summed E-state index contributed by atoms with van der Waals surface area (Å²) in [6.07, 6.45) is -1.04. The van der Waals surface area contributed by atoms with Crippen LogP contribution in [0, 0.1) is 59.2 Å². The normalized spacial score (nSPS) is 41.8. The van der Waals surface area contributed by atoms with Crippen LogP contribution in [0.3, 0.4) is 0 Å². The molecule has 39 atom stereocenters. The number of likely N-dealkylation sites (N-methyl/N-ethyl adjacent to an activating group) is 1. The molecule has 832 valence electrons. The number of ether oxygens (including phenoxy) is 15. The van der Waals surface area contributed by atoms with Crippen LogP contribution in [0.1, 0.15) is 272 Å². The van der Waals surface area contributed by atoms with Crippen molar-refractivity contribution in [3.05, 3.63) is 35.8 Å². The van der Waals surface area contributed by atoms with Crippen LogP contribution in [0.25, 0.3) is 10.4 Å². The molecule has 3 N–H and O–H groups in total. The lowest BCUT2D eigenvalue weighted by Crippen LogP contribution is -2.62. The van der Waals surface area contributed by atoms with E-state index >= 15 is 0 Å². The highest BCUT2D eigenvalue weighted by Gasteiger charge is 2.65. The Hall–Kier alpha value is -7.11. The third kappa shape index (κ3) is 29.2. The second kappa shape index (κ2) is 53.7. The molecule has 10 heterocycles. The fourth-order valence-electron chi connectivity index (χ4n) is 24.6. The second-order valence-corrected chi connectivity index (χ2v) is 45.0. The number of aliphatic hydroxyl groups is 1. The Bertz CT molecular complexity index is 4340. The number of hydrogen-bond acceptors (Lipinski definition) is 32. The fourth-order valence-corrected chi connectivity index (χ4v) is 24.6. The molecule has 2 bridgehead atoms. The van der Waals surface area contributed by atoms with Crippen molar-refractivity contribution in [3.63, 3.8) is 0 Å². The number of nitrogens with zero attached hydrogens (tertiary/aromatic N) is 10. The molecule has 0 spiro atoms. The van der Waals surface area contributed by atoms with Gasteiger partial charge in [0.15, 0.2) is 47.2 Å². The van der Waals surface area contributed by atoms with E-state index in [1.54, 1.807) is 68.4 Å². The summed E-state index contributed by atoms with van der Waals surface area (Å²) < 4.78 is 94.5. The van der Waals surface area contributed by atoms with Gasteiger partial charge in [-0.15, -0.1) is 13.2 Å². The van der Waals surface area contributed by atoms with E-state index in [1.165, 1.54) is 21.0 Å². The smallest absolute Gasteiger partial charge is 0.412 e. The van der Waals surface area contributed by atoms with Crippen LogP contribution < -0.4 is 10.6 Å². The highest BCUT2D eigenvalue weighted by atomic mass is 16.7. The minimum Gasteiger partial charge on any atom is -0.458 e. The predicted octanol–water partition coefficient (Wildman–Crippen LogP) is 13.9. The number of ketones is 3. The summed E-state index contributed by atoms with van der Waals surface area (Å²) in [6, 6.07) is -2.19. The Balaban J connectivity index is 0.000000331. The number of alkyl carbamates (subject to hydrolysis) is 1. The first kappa shape index (κ1) is 127. The Kier molecular flexibility index (Phi) is 46.9. The van der Waals surface area contributed by atoms with Gasteiger partial charge in [-0.25, -0.2) is 14.4 Å². The number of hydrogen-bond donors (Lipinski definition) is 3. The van der Waals surface area contributed by atoms with Gasteiger partial charge in [-0.05, 0) is 247 Å². The zero-order valence-corrected chi connectivity index (χ0v) is 92.3. The summed E-state index contributed by atoms with van der Waals surface area (Å²) in [5, 5.41) is 21.4. The number of cyclic esters (lactones) is 3. The Morgan fingerprint density at radius 1 is 0.559 bits per heavy atom. The molecule has 38 nitrogen and oxygen atoms in total. The van der Waals surface area contributed by atoms with Gasteiger partial charge in [0, 0.05) is 105 Å². The lowest BCUT2D eigenvalue weighted by atomic mass is 9.78. The van der Waals surface area contributed by atoms with Crippen molar-refractivity contribution in [1.82, 2.24) is 44.9 Å². The SMILES string of the molecule is C.C.C=CCO[C@]1(C)C[C@@H](C)CN2CN3C(=O)O[C@](C)([C@@H](CC)OC(=O)[C@H](C)C(=O)[C@H](C)C1O[C@@H]1OC(C)CC(N(C)C)C1C)[C@H]3[C@H]2C.C=CCO[C@]1(C)C[C@@H](C)CN[C@H](C)[C@H]2NC(=O)O[C@]2(C)[C@@H](CC)OC(=O)C(C)C(=O)[C@H](C)C1O[C@@H]1OC(C)CC(N(C)C)C1C.CC[C@H]1OC(=O)[C@H](C)C(=O)C[C@@H](O[C@@H]2OC(C)CC(N(C)C)C2O)[C@@](C)(OC)C[C@@H](C)CN(C(C)=O)[C@H](C)[C@H]2N(CCCCN=[N+]=[N-])C(=O)O[C@]12C. The molecule has 145 heavy (non-hydrogen) atoms. The van der Waals surface area contributed by atoms with Gasteiger partial charge < -0.3 is 106 Å². The molecule has 10 saturated heterocycles. The number of nitrogens with one attached hydrogen (secondary N) is 2. The van der Waals surface area contributed by atoms with Crippen LogP contribution in [0.4, 0.5) is 14.4 Å². The van der Waals surface area contributed by atoms with Crippen LogP contribution in [-0.2, 0) is 105 Å². The maximum absolute atomic E-state index is 14.3. The maximum Gasteiger partial charge on any atom is 0.412 e. The van der Waals surface area contributed by atoms with E-state index in [9.17, 15) is 53.1 Å². The van der Waals surface area contributed by atoms with E-state index in [-0.39, 0.29) is 162 Å². The van der Waals surface area contributed by atoms with Crippen molar-refractivity contribution < 1.29 is 124 Å². The number of methoxy groups -OCH3 is 1. The van der Waals surface area contributed by atoms with E-state index in [2.05, 4.69) is 111 Å². The molecule has 0 aromatic rings. The first-order chi connectivity index (χ1) is 66.8. The summed E-state index contributed by atoms with van der Waals surface area (Å²) in [5.74, 6) is -8.25. The Labute approximate surface area is 866 Å². The number of aliphatic hydroxyl groups excluding tert-OH is 1. The van der Waals surface area contributed by atoms with Crippen molar-refractivity contribution in [2.75, 3.05) is 102 Å². The number of esters is 3. The lowest BCUT2D eigenvalue weighted by Gasteiger charge is -2.47. The Morgan fingerprint density at radius 2 is 0.993 bits per heavy atom. The van der Waals surface area contributed by atoms with E-state index in [1.807, 2.05) is 109 Å². The van der Waals surface area contributed by atoms with Crippen molar-refractivity contribution >= 4 is 59.4 Å². The molecule has 0 aliphatic carbocycles. The molecule has 10 rings (SSSR count). The number of fused-ring (bicyclic) bond motifs is 3. The number of unbranched alkanes of at least 4 members (excludes halogenated alkanes) is 1. The van der Waals surface area contributed by atoms with Crippen LogP contribution >= 0.6 is 0 Å². The predicted molar refractivity (Wildman–Crippen MR) is 550 cm³/mol. The topological polar surface area (TPSA) is 425 Å². The molecule has 4 amide bonds. The third-order valence-electron chi connectivity index (χ3n) is 32.7. The summed E-state index contributed by atoms with van der Waals surface area (Å²) in [7, 11) is 13.5. The molecule has 10 aliphatic heterocycles. The molecular weight excluding hydrogens is 1870 g/mol. The summed E-state index contributed by atoms with van der Waals surface area (Å²) in [4.78, 5) is 153. The zero-order chi connectivity index (χ0) is 107. The van der Waals surface area contributed by atoms with E-state index in [4.69, 9.17) is 76.6 Å². The largest absolute Gasteiger partial charge is 0.458 e. The van der Waals surface area contributed by atoms with Crippen LogP contribution in [0.15, 0.2) is 30.4 Å². The first-order valence-corrected chi connectivity index (χ1v) is 52.4. The molecule has 0 aromatic carbocycles. The second-order valence-electron chi connectivity index (χ2n) is 45.0. The van der Waals surface area contributed by atoms with Crippen LogP contribution in [-0.4, -0.2) is 369 Å². The molecule has 38 heteroatoms. The van der Waals surface area contributed by atoms with Gasteiger partial charge in [0.05, 0.1) is 97.5 Å². The van der Waals surface area contributed by atoms with Crippen molar-refractivity contribution in [3.8, 4) is 0 Å². The highest BCUT2D eigenvalue weighted by Crippen LogP contribution is 2.48. The van der Waals surface area contributed by atoms with Gasteiger partial charge >= 0.3 is 36.2 Å². The Morgan fingerprint density at radius 3 is 1.45 bits per heavy atom. The van der Waals surface area contributed by atoms with Gasteiger partial charge in [0.2, 0.25) is 5.91 Å². The number of carbonyl (C=O) groups is 10. The lowest BCUT2D eigenvalue weighted by molar-refractivity contribution is -0.289. The molecule has 10 aliphatic rings.